The maximum Gasteiger partial charge on any atom is 0.291 e. The van der Waals surface area contributed by atoms with Crippen molar-refractivity contribution in [3.05, 3.63) is 48.1 Å². The number of hydrogen-bond acceptors (Lipinski definition) is 3. The van der Waals surface area contributed by atoms with E-state index in [0.717, 1.165) is 19.3 Å². The van der Waals surface area contributed by atoms with Crippen LogP contribution in [0.15, 0.2) is 38.0 Å². The minimum Gasteiger partial charge on any atom is -0.328 e. The lowest BCUT2D eigenvalue weighted by Gasteiger charge is -2.36. The Kier molecular flexibility index (Phi) is 18.6. The van der Waals surface area contributed by atoms with Gasteiger partial charge in [0.15, 0.2) is 0 Å². The zero-order valence-corrected chi connectivity index (χ0v) is 16.7. The fourth-order valence-corrected chi connectivity index (χ4v) is 3.32. The third-order valence-electron chi connectivity index (χ3n) is 4.72. The van der Waals surface area contributed by atoms with E-state index in [9.17, 15) is 0 Å². The van der Waals surface area contributed by atoms with Crippen molar-refractivity contribution in [3.63, 3.8) is 0 Å². The predicted molar refractivity (Wildman–Crippen MR) is 111 cm³/mol. The molecule has 0 heterocycles. The zero-order chi connectivity index (χ0) is 20.3. The van der Waals surface area contributed by atoms with Crippen LogP contribution in [0.3, 0.4) is 0 Å². The topological polar surface area (TPSA) is 89.4 Å². The normalized spacial score (nSPS) is 11.8. The molecule has 0 aromatic rings. The summed E-state index contributed by atoms with van der Waals surface area (Å²) >= 11 is 0. The summed E-state index contributed by atoms with van der Waals surface area (Å²) in [5, 5.41) is 13.6. The molecule has 1 unspecified atom stereocenters. The average molecular weight is 369 g/mol. The van der Waals surface area contributed by atoms with Crippen molar-refractivity contribution < 1.29 is 10.3 Å². The van der Waals surface area contributed by atoms with E-state index in [1.54, 1.807) is 0 Å². The molecule has 0 aliphatic carbocycles. The summed E-state index contributed by atoms with van der Waals surface area (Å²) in [7, 11) is 0. The van der Waals surface area contributed by atoms with Crippen molar-refractivity contribution in [2.24, 2.45) is 11.7 Å². The van der Waals surface area contributed by atoms with E-state index in [1.807, 2.05) is 18.2 Å². The molecule has 26 heavy (non-hydrogen) atoms. The van der Waals surface area contributed by atoms with Crippen LogP contribution in [0.5, 0.6) is 0 Å². The second-order valence-corrected chi connectivity index (χ2v) is 6.94. The molecule has 152 valence electrons. The number of rotatable bonds is 16. The van der Waals surface area contributed by atoms with Crippen LogP contribution in [0.4, 0.5) is 0 Å². The van der Waals surface area contributed by atoms with Crippen LogP contribution >= 0.6 is 0 Å². The lowest BCUT2D eigenvalue weighted by molar-refractivity contribution is -0.742. The maximum atomic E-state index is 8.36. The van der Waals surface area contributed by atoms with Gasteiger partial charge in [-0.05, 0) is 31.6 Å². The van der Waals surface area contributed by atoms with Gasteiger partial charge in [-0.1, -0.05) is 76.5 Å². The molecule has 0 aromatic carbocycles. The molecule has 0 fully saturated rings. The highest BCUT2D eigenvalue weighted by atomic mass is 16.9. The first kappa shape index (κ1) is 26.6. The summed E-state index contributed by atoms with van der Waals surface area (Å²) in [4.78, 5) is 8.36. The van der Waals surface area contributed by atoms with Gasteiger partial charge in [-0.25, -0.2) is 0 Å². The van der Waals surface area contributed by atoms with Crippen molar-refractivity contribution in [1.82, 2.24) is 0 Å². The van der Waals surface area contributed by atoms with Gasteiger partial charge < -0.3 is 10.9 Å². The van der Waals surface area contributed by atoms with Gasteiger partial charge in [0.1, 0.15) is 0 Å². The largest absolute Gasteiger partial charge is 0.328 e. The molecule has 0 bridgehead atoms. The predicted octanol–water partition coefficient (Wildman–Crippen LogP) is 6.21. The quantitative estimate of drug-likeness (QED) is 0.147. The van der Waals surface area contributed by atoms with Crippen LogP contribution in [0.2, 0.25) is 0 Å². The third-order valence-corrected chi connectivity index (χ3v) is 4.72. The minimum atomic E-state index is -1.50. The highest BCUT2D eigenvalue weighted by Crippen LogP contribution is 2.31. The number of hydrogen-bond donors (Lipinski definition) is 2. The van der Waals surface area contributed by atoms with Crippen LogP contribution in [0.25, 0.3) is 0 Å². The Morgan fingerprint density at radius 2 is 1.42 bits per heavy atom. The molecule has 1 atom stereocenters. The van der Waals surface area contributed by atoms with Crippen molar-refractivity contribution in [2.75, 3.05) is 0 Å². The Morgan fingerprint density at radius 1 is 1.00 bits per heavy atom. The molecule has 0 aromatic heterocycles. The van der Waals surface area contributed by atoms with E-state index in [-0.39, 0.29) is 5.54 Å². The third kappa shape index (κ3) is 15.9. The number of unbranched alkanes of at least 4 members (excludes halogenated alkanes) is 7. The second kappa shape index (κ2) is 18.2. The van der Waals surface area contributed by atoms with Gasteiger partial charge in [-0.15, -0.1) is 29.9 Å². The van der Waals surface area contributed by atoms with Gasteiger partial charge in [0, 0.05) is 5.54 Å². The van der Waals surface area contributed by atoms with E-state index < -0.39 is 5.09 Å². The van der Waals surface area contributed by atoms with Crippen molar-refractivity contribution in [1.29, 1.82) is 0 Å². The van der Waals surface area contributed by atoms with E-state index in [1.165, 1.54) is 57.8 Å². The Balaban J connectivity index is 0. The number of allylic oxidation sites excluding steroid dienone is 1. The molecular formula is C21H40N2O3. The fraction of sp³-hybridized carbons (Fsp3) is 0.714. The molecule has 0 saturated carbocycles. The Hall–Kier alpha value is -1.62. The molecule has 0 saturated heterocycles. The molecule has 0 amide bonds. The standard InChI is InChI=1S/C21H39N.HNO3/c1-5-9-10-11-12-13-14-15-17-20(16-6-2)21(22,18-7-3)19-8-4;2-1(3)4/h6-8,20H,2-5,9-19,22H2,1H3;(H,2,3,4). The van der Waals surface area contributed by atoms with Gasteiger partial charge in [0.05, 0.1) is 0 Å². The summed E-state index contributed by atoms with van der Waals surface area (Å²) in [5.41, 5.74) is 6.46. The molecule has 0 aliphatic rings. The highest BCUT2D eigenvalue weighted by molar-refractivity contribution is 5.01. The first-order valence-electron chi connectivity index (χ1n) is 9.82. The smallest absolute Gasteiger partial charge is 0.291 e. The van der Waals surface area contributed by atoms with Crippen LogP contribution in [-0.2, 0) is 0 Å². The van der Waals surface area contributed by atoms with E-state index in [2.05, 4.69) is 26.7 Å². The molecule has 5 heteroatoms. The van der Waals surface area contributed by atoms with Gasteiger partial charge in [-0.3, -0.25) is 0 Å². The Labute approximate surface area is 160 Å². The zero-order valence-electron chi connectivity index (χ0n) is 16.7. The minimum absolute atomic E-state index is 0.196. The number of nitrogens with zero attached hydrogens (tertiary/aromatic N) is 1. The SMILES string of the molecule is C=CCC(CCCCCCCCCC)C(N)(CC=C)CC=C.O=[N+]([O-])O. The average Bonchev–Trinajstić information content (AvgIpc) is 2.56. The van der Waals surface area contributed by atoms with Gasteiger partial charge in [-0.2, -0.15) is 0 Å². The summed E-state index contributed by atoms with van der Waals surface area (Å²) in [5.74, 6) is 0.487. The van der Waals surface area contributed by atoms with Crippen molar-refractivity contribution in [3.8, 4) is 0 Å². The van der Waals surface area contributed by atoms with E-state index in [0.29, 0.717) is 5.92 Å². The summed E-state index contributed by atoms with van der Waals surface area (Å²) in [6, 6.07) is 0. The van der Waals surface area contributed by atoms with Crippen LogP contribution in [0, 0.1) is 16.0 Å². The maximum absolute atomic E-state index is 8.36. The second-order valence-electron chi connectivity index (χ2n) is 6.94. The fourth-order valence-electron chi connectivity index (χ4n) is 3.32. The highest BCUT2D eigenvalue weighted by Gasteiger charge is 2.31. The van der Waals surface area contributed by atoms with Crippen LogP contribution in [0.1, 0.15) is 84.0 Å². The first-order chi connectivity index (χ1) is 12.4. The monoisotopic (exact) mass is 368 g/mol. The van der Waals surface area contributed by atoms with Gasteiger partial charge >= 0.3 is 0 Å². The van der Waals surface area contributed by atoms with E-state index in [4.69, 9.17) is 21.1 Å². The molecule has 0 radical (unpaired) electrons. The summed E-state index contributed by atoms with van der Waals surface area (Å²) in [6.07, 6.45) is 20.7. The lowest BCUT2D eigenvalue weighted by atomic mass is 9.75. The molecule has 5 nitrogen and oxygen atoms in total. The molecule has 0 aliphatic heterocycles. The van der Waals surface area contributed by atoms with Gasteiger partial charge in [0.25, 0.3) is 5.09 Å². The van der Waals surface area contributed by atoms with Crippen LogP contribution in [-0.4, -0.2) is 15.8 Å². The van der Waals surface area contributed by atoms with E-state index >= 15 is 0 Å². The number of nitrogens with two attached hydrogens (primary N) is 1. The summed E-state index contributed by atoms with van der Waals surface area (Å²) < 4.78 is 0. The first-order valence-corrected chi connectivity index (χ1v) is 9.82. The summed E-state index contributed by atoms with van der Waals surface area (Å²) in [6.45, 7) is 13.9. The lowest BCUT2D eigenvalue weighted by Crippen LogP contribution is -2.46. The molecule has 0 rings (SSSR count). The van der Waals surface area contributed by atoms with Crippen molar-refractivity contribution >= 4 is 0 Å². The Morgan fingerprint density at radius 3 is 1.81 bits per heavy atom. The van der Waals surface area contributed by atoms with Gasteiger partial charge in [0.2, 0.25) is 0 Å². The molecular weight excluding hydrogens is 328 g/mol. The van der Waals surface area contributed by atoms with Crippen LogP contribution < -0.4 is 5.73 Å². The molecule has 3 N–H and O–H groups in total. The Bertz CT molecular complexity index is 369. The molecule has 0 spiro atoms. The van der Waals surface area contributed by atoms with Crippen molar-refractivity contribution in [2.45, 2.75) is 89.5 Å².